The second kappa shape index (κ2) is 6.71. The number of rotatable bonds is 3. The van der Waals surface area contributed by atoms with E-state index in [0.29, 0.717) is 20.6 Å². The molecular weight excluding hydrogens is 418 g/mol. The van der Waals surface area contributed by atoms with E-state index in [1.54, 1.807) is 29.7 Å². The minimum Gasteiger partial charge on any atom is -0.465 e. The van der Waals surface area contributed by atoms with Crippen molar-refractivity contribution in [3.05, 3.63) is 89.5 Å². The quantitative estimate of drug-likeness (QED) is 0.463. The van der Waals surface area contributed by atoms with Gasteiger partial charge in [-0.2, -0.15) is 0 Å². The number of carbonyl (C=O) groups is 1. The van der Waals surface area contributed by atoms with Crippen LogP contribution in [0.25, 0.3) is 6.08 Å². The zero-order valence-electron chi connectivity index (χ0n) is 16.6. The lowest BCUT2D eigenvalue weighted by Gasteiger charge is -2.45. The van der Waals surface area contributed by atoms with E-state index in [4.69, 9.17) is 4.74 Å². The Bertz CT molecular complexity index is 1420. The molecule has 0 spiro atoms. The van der Waals surface area contributed by atoms with Crippen LogP contribution in [0, 0.1) is 16.0 Å². The van der Waals surface area contributed by atoms with Crippen molar-refractivity contribution in [1.82, 2.24) is 4.57 Å². The zero-order chi connectivity index (χ0) is 21.9. The summed E-state index contributed by atoms with van der Waals surface area (Å²) in [6.07, 6.45) is 1.68. The Morgan fingerprint density at radius 3 is 2.65 bits per heavy atom. The van der Waals surface area contributed by atoms with Crippen molar-refractivity contribution in [3.8, 4) is 5.75 Å². The second-order valence-corrected chi connectivity index (χ2v) is 8.77. The molecule has 2 aliphatic rings. The fourth-order valence-corrected chi connectivity index (χ4v) is 5.50. The number of hydrogen-bond donors (Lipinski definition) is 0. The van der Waals surface area contributed by atoms with Gasteiger partial charge >= 0.3 is 0 Å². The first-order chi connectivity index (χ1) is 14.8. The molecule has 0 radical (unpaired) electrons. The van der Waals surface area contributed by atoms with Crippen molar-refractivity contribution in [2.75, 3.05) is 0 Å². The van der Waals surface area contributed by atoms with Crippen LogP contribution in [0.2, 0.25) is 0 Å². The van der Waals surface area contributed by atoms with Gasteiger partial charge in [-0.05, 0) is 43.7 Å². The summed E-state index contributed by atoms with van der Waals surface area (Å²) in [5.74, 6) is -0.120. The number of para-hydroxylation sites is 1. The fourth-order valence-electron chi connectivity index (χ4n) is 4.40. The highest BCUT2D eigenvalue weighted by Crippen LogP contribution is 2.47. The third-order valence-corrected chi connectivity index (χ3v) is 6.70. The van der Waals surface area contributed by atoms with Crippen molar-refractivity contribution in [1.29, 1.82) is 0 Å². The molecule has 0 N–H and O–H groups in total. The number of Topliss-reactive ketones (excluding diaryl/α,β-unsaturated/α-hetero) is 1. The Morgan fingerprint density at radius 1 is 1.26 bits per heavy atom. The molecule has 0 fully saturated rings. The Kier molecular flexibility index (Phi) is 4.19. The van der Waals surface area contributed by atoms with Crippen LogP contribution in [0.1, 0.15) is 31.0 Å². The number of non-ortho nitro benzene ring substituents is 1. The SMILES string of the molecule is CC(=O)[C@H]1[C@H]2c3ccccc3O[C@@]1(C)N=c1s/c(=C\c3ccc([N+](=O)[O-])cc3)c(=O)n12. The first-order valence-electron chi connectivity index (χ1n) is 9.64. The van der Waals surface area contributed by atoms with Gasteiger partial charge in [0.1, 0.15) is 17.5 Å². The standard InChI is InChI=1S/C22H17N3O5S/c1-12(26)18-19-15-5-3-4-6-16(15)30-22(18,2)23-21-24(19)20(27)17(31-21)11-13-7-9-14(10-8-13)25(28)29/h3-11,18-19H,1-2H3/b17-11-/t18-,19+,22+/m0/s1. The molecule has 5 rings (SSSR count). The molecule has 0 saturated carbocycles. The normalized spacial score (nSPS) is 23.9. The van der Waals surface area contributed by atoms with E-state index < -0.39 is 22.6 Å². The molecule has 2 bridgehead atoms. The highest BCUT2D eigenvalue weighted by molar-refractivity contribution is 7.07. The van der Waals surface area contributed by atoms with Gasteiger partial charge in [0.2, 0.25) is 5.72 Å². The maximum absolute atomic E-state index is 13.4. The third-order valence-electron chi connectivity index (χ3n) is 5.72. The molecule has 3 aromatic rings. The topological polar surface area (TPSA) is 104 Å². The van der Waals surface area contributed by atoms with E-state index in [-0.39, 0.29) is 17.0 Å². The molecule has 156 valence electrons. The van der Waals surface area contributed by atoms with Gasteiger partial charge < -0.3 is 4.74 Å². The van der Waals surface area contributed by atoms with Crippen molar-refractivity contribution >= 4 is 28.9 Å². The number of nitrogens with zero attached hydrogens (tertiary/aromatic N) is 3. The van der Waals surface area contributed by atoms with Crippen molar-refractivity contribution < 1.29 is 14.5 Å². The first kappa shape index (κ1) is 19.4. The first-order valence-corrected chi connectivity index (χ1v) is 10.5. The van der Waals surface area contributed by atoms with Crippen molar-refractivity contribution in [2.24, 2.45) is 10.9 Å². The van der Waals surface area contributed by atoms with E-state index in [0.717, 1.165) is 5.56 Å². The van der Waals surface area contributed by atoms with Gasteiger partial charge in [-0.1, -0.05) is 29.5 Å². The van der Waals surface area contributed by atoms with Gasteiger partial charge in [0.05, 0.1) is 15.5 Å². The van der Waals surface area contributed by atoms with E-state index in [2.05, 4.69) is 4.99 Å². The highest BCUT2D eigenvalue weighted by atomic mass is 32.1. The number of nitro groups is 1. The summed E-state index contributed by atoms with van der Waals surface area (Å²) in [5, 5.41) is 10.9. The molecule has 2 aliphatic heterocycles. The van der Waals surface area contributed by atoms with Crippen LogP contribution in [0.3, 0.4) is 0 Å². The molecule has 0 unspecified atom stereocenters. The molecule has 9 heteroatoms. The number of nitro benzene ring substituents is 1. The highest BCUT2D eigenvalue weighted by Gasteiger charge is 2.53. The summed E-state index contributed by atoms with van der Waals surface area (Å²) < 4.78 is 8.17. The number of benzene rings is 2. The van der Waals surface area contributed by atoms with Crippen LogP contribution < -0.4 is 19.6 Å². The van der Waals surface area contributed by atoms with Crippen LogP contribution in [0.15, 0.2) is 58.3 Å². The molecule has 0 saturated heterocycles. The average Bonchev–Trinajstić information content (AvgIpc) is 3.01. The summed E-state index contributed by atoms with van der Waals surface area (Å²) in [6, 6.07) is 12.8. The minimum absolute atomic E-state index is 0.0193. The van der Waals surface area contributed by atoms with Crippen molar-refractivity contribution in [2.45, 2.75) is 25.6 Å². The van der Waals surface area contributed by atoms with E-state index >= 15 is 0 Å². The zero-order valence-corrected chi connectivity index (χ0v) is 17.5. The molecule has 0 aliphatic carbocycles. The lowest BCUT2D eigenvalue weighted by atomic mass is 9.79. The number of ether oxygens (including phenoxy) is 1. The number of fused-ring (bicyclic) bond motifs is 6. The third kappa shape index (κ3) is 2.92. The van der Waals surface area contributed by atoms with Gasteiger partial charge in [0.15, 0.2) is 4.80 Å². The largest absolute Gasteiger partial charge is 0.465 e. The van der Waals surface area contributed by atoms with Crippen LogP contribution >= 0.6 is 11.3 Å². The maximum atomic E-state index is 13.4. The van der Waals surface area contributed by atoms with Crippen LogP contribution in [0.4, 0.5) is 5.69 Å². The second-order valence-electron chi connectivity index (χ2n) is 7.76. The molecule has 8 nitrogen and oxygen atoms in total. The fraction of sp³-hybridized carbons (Fsp3) is 0.227. The van der Waals surface area contributed by atoms with Crippen LogP contribution in [-0.2, 0) is 4.79 Å². The average molecular weight is 435 g/mol. The molecule has 1 aromatic heterocycles. The lowest BCUT2D eigenvalue weighted by molar-refractivity contribution is -0.384. The Labute approximate surface area is 179 Å². The monoisotopic (exact) mass is 435 g/mol. The predicted molar refractivity (Wildman–Crippen MR) is 114 cm³/mol. The number of hydrogen-bond acceptors (Lipinski definition) is 7. The Morgan fingerprint density at radius 2 is 1.97 bits per heavy atom. The molecule has 31 heavy (non-hydrogen) atoms. The number of carbonyl (C=O) groups excluding carboxylic acids is 1. The summed E-state index contributed by atoms with van der Waals surface area (Å²) in [6.45, 7) is 3.27. The molecular formula is C22H17N3O5S. The van der Waals surface area contributed by atoms with E-state index in [1.165, 1.54) is 30.4 Å². The lowest BCUT2D eigenvalue weighted by Crippen LogP contribution is -2.58. The van der Waals surface area contributed by atoms with Crippen LogP contribution in [0.5, 0.6) is 5.75 Å². The molecule has 3 atom stereocenters. The summed E-state index contributed by atoms with van der Waals surface area (Å²) in [7, 11) is 0. The smallest absolute Gasteiger partial charge is 0.270 e. The van der Waals surface area contributed by atoms with Crippen molar-refractivity contribution in [3.63, 3.8) is 0 Å². The van der Waals surface area contributed by atoms with E-state index in [9.17, 15) is 19.7 Å². The summed E-state index contributed by atoms with van der Waals surface area (Å²) in [4.78, 5) is 41.6. The number of ketones is 1. The van der Waals surface area contributed by atoms with Gasteiger partial charge in [-0.3, -0.25) is 24.3 Å². The molecule has 0 amide bonds. The summed E-state index contributed by atoms with van der Waals surface area (Å²) >= 11 is 1.21. The predicted octanol–water partition coefficient (Wildman–Crippen LogP) is 2.18. The van der Waals surface area contributed by atoms with Crippen LogP contribution in [-0.4, -0.2) is 21.0 Å². The Balaban J connectivity index is 1.74. The maximum Gasteiger partial charge on any atom is 0.270 e. The van der Waals surface area contributed by atoms with Gasteiger partial charge in [0, 0.05) is 17.7 Å². The molecule has 2 aromatic carbocycles. The van der Waals surface area contributed by atoms with Gasteiger partial charge in [-0.25, -0.2) is 4.99 Å². The van der Waals surface area contributed by atoms with Gasteiger partial charge in [0.25, 0.3) is 11.2 Å². The van der Waals surface area contributed by atoms with E-state index in [1.807, 2.05) is 24.3 Å². The number of aromatic nitrogens is 1. The summed E-state index contributed by atoms with van der Waals surface area (Å²) in [5.41, 5.74) is 0.0625. The molecule has 3 heterocycles. The van der Waals surface area contributed by atoms with Gasteiger partial charge in [-0.15, -0.1) is 0 Å². The minimum atomic E-state index is -1.10. The Hall–Kier alpha value is -3.59. The number of thiazole rings is 1.